The molecule has 2 aromatic carbocycles. The summed E-state index contributed by atoms with van der Waals surface area (Å²) in [5.74, 6) is 0.734. The van der Waals surface area contributed by atoms with Crippen LogP contribution in [0.5, 0.6) is 5.75 Å². The maximum Gasteiger partial charge on any atom is 0.325 e. The molecule has 3 rings (SSSR count). The quantitative estimate of drug-likeness (QED) is 0.717. The number of halogens is 1. The van der Waals surface area contributed by atoms with Crippen LogP contribution in [0.1, 0.15) is 0 Å². The number of amides is 2. The second kappa shape index (κ2) is 7.29. The van der Waals surface area contributed by atoms with E-state index in [1.165, 1.54) is 11.3 Å². The smallest absolute Gasteiger partial charge is 0.325 e. The van der Waals surface area contributed by atoms with Crippen LogP contribution in [0.25, 0.3) is 10.6 Å². The van der Waals surface area contributed by atoms with E-state index in [0.717, 1.165) is 11.3 Å². The minimum Gasteiger partial charge on any atom is -0.497 e. The lowest BCUT2D eigenvalue weighted by Crippen LogP contribution is -2.19. The topological polar surface area (TPSA) is 76.1 Å². The van der Waals surface area contributed by atoms with Gasteiger partial charge in [0.2, 0.25) is 5.13 Å². The molecule has 0 aliphatic heterocycles. The van der Waals surface area contributed by atoms with Gasteiger partial charge in [-0.1, -0.05) is 35.1 Å². The fraction of sp³-hybridized carbons (Fsp3) is 0.0625. The van der Waals surface area contributed by atoms with Gasteiger partial charge in [-0.3, -0.25) is 5.32 Å². The minimum absolute atomic E-state index is 0.398. The van der Waals surface area contributed by atoms with Crippen molar-refractivity contribution in [2.45, 2.75) is 0 Å². The van der Waals surface area contributed by atoms with Crippen LogP contribution in [0.3, 0.4) is 0 Å². The number of ether oxygens (including phenoxy) is 1. The summed E-state index contributed by atoms with van der Waals surface area (Å²) in [6.45, 7) is 0. The van der Waals surface area contributed by atoms with Crippen molar-refractivity contribution in [1.29, 1.82) is 0 Å². The molecule has 0 unspecified atom stereocenters. The summed E-state index contributed by atoms with van der Waals surface area (Å²) in [5, 5.41) is 15.1. The van der Waals surface area contributed by atoms with E-state index in [1.54, 1.807) is 31.4 Å². The molecule has 0 saturated heterocycles. The summed E-state index contributed by atoms with van der Waals surface area (Å²) < 4.78 is 5.19. The van der Waals surface area contributed by atoms with E-state index < -0.39 is 6.03 Å². The van der Waals surface area contributed by atoms with Crippen molar-refractivity contribution >= 4 is 39.8 Å². The van der Waals surface area contributed by atoms with Crippen LogP contribution in [-0.2, 0) is 0 Å². The maximum atomic E-state index is 12.0. The average Bonchev–Trinajstić information content (AvgIpc) is 3.05. The van der Waals surface area contributed by atoms with Gasteiger partial charge in [0.1, 0.15) is 10.8 Å². The molecule has 0 spiro atoms. The summed E-state index contributed by atoms with van der Waals surface area (Å²) in [7, 11) is 1.60. The van der Waals surface area contributed by atoms with E-state index in [0.29, 0.717) is 20.8 Å². The molecule has 2 amide bonds. The second-order valence-corrected chi connectivity index (χ2v) is 6.14. The van der Waals surface area contributed by atoms with Crippen molar-refractivity contribution in [3.05, 3.63) is 53.6 Å². The van der Waals surface area contributed by atoms with Gasteiger partial charge in [0.25, 0.3) is 0 Å². The van der Waals surface area contributed by atoms with Gasteiger partial charge in [-0.2, -0.15) is 0 Å². The number of urea groups is 1. The lowest BCUT2D eigenvalue weighted by Gasteiger charge is -2.04. The molecule has 0 saturated carbocycles. The van der Waals surface area contributed by atoms with E-state index in [1.807, 2.05) is 24.3 Å². The minimum atomic E-state index is -0.398. The predicted molar refractivity (Wildman–Crippen MR) is 96.0 cm³/mol. The Labute approximate surface area is 147 Å². The Balaban J connectivity index is 1.67. The number of aromatic nitrogens is 2. The molecule has 1 aromatic heterocycles. The first-order valence-corrected chi connectivity index (χ1v) is 8.15. The molecule has 0 radical (unpaired) electrons. The number of carbonyl (C=O) groups is 1. The number of carbonyl (C=O) groups excluding carboxylic acids is 1. The van der Waals surface area contributed by atoms with Crippen molar-refractivity contribution in [3.63, 3.8) is 0 Å². The summed E-state index contributed by atoms with van der Waals surface area (Å²) in [6.07, 6.45) is 0. The van der Waals surface area contributed by atoms with Gasteiger partial charge >= 0.3 is 6.03 Å². The zero-order valence-corrected chi connectivity index (χ0v) is 14.2. The molecule has 6 nitrogen and oxygen atoms in total. The standard InChI is InChI=1S/C16H13ClN4O2S/c1-23-13-4-2-3-10(9-13)14-20-21-16(24-14)19-15(22)18-12-7-5-11(17)6-8-12/h2-9H,1H3,(H2,18,19,21,22). The molecule has 122 valence electrons. The van der Waals surface area contributed by atoms with Gasteiger partial charge < -0.3 is 10.1 Å². The van der Waals surface area contributed by atoms with Crippen molar-refractivity contribution < 1.29 is 9.53 Å². The zero-order valence-electron chi connectivity index (χ0n) is 12.6. The van der Waals surface area contributed by atoms with Crippen LogP contribution in [0, 0.1) is 0 Å². The molecule has 0 fully saturated rings. The highest BCUT2D eigenvalue weighted by molar-refractivity contribution is 7.18. The Hall–Kier alpha value is -2.64. The molecule has 3 aromatic rings. The third-order valence-electron chi connectivity index (χ3n) is 3.06. The molecule has 0 atom stereocenters. The Morgan fingerprint density at radius 3 is 2.67 bits per heavy atom. The number of nitrogens with zero attached hydrogens (tertiary/aromatic N) is 2. The number of nitrogens with one attached hydrogen (secondary N) is 2. The molecule has 24 heavy (non-hydrogen) atoms. The summed E-state index contributed by atoms with van der Waals surface area (Å²) >= 11 is 7.08. The van der Waals surface area contributed by atoms with Gasteiger partial charge in [-0.05, 0) is 36.4 Å². The Bertz CT molecular complexity index is 851. The predicted octanol–water partition coefficient (Wildman–Crippen LogP) is 4.51. The third-order valence-corrected chi connectivity index (χ3v) is 4.20. The van der Waals surface area contributed by atoms with Crippen molar-refractivity contribution in [1.82, 2.24) is 10.2 Å². The molecule has 0 aliphatic rings. The van der Waals surface area contributed by atoms with Crippen molar-refractivity contribution in [2.24, 2.45) is 0 Å². The number of hydrogen-bond donors (Lipinski definition) is 2. The molecular weight excluding hydrogens is 348 g/mol. The Kier molecular flexibility index (Phi) is 4.93. The first-order valence-electron chi connectivity index (χ1n) is 6.95. The fourth-order valence-corrected chi connectivity index (χ4v) is 2.80. The number of anilines is 2. The van der Waals surface area contributed by atoms with E-state index >= 15 is 0 Å². The van der Waals surface area contributed by atoms with Crippen LogP contribution in [0.4, 0.5) is 15.6 Å². The number of benzene rings is 2. The fourth-order valence-electron chi connectivity index (χ4n) is 1.94. The highest BCUT2D eigenvalue weighted by Crippen LogP contribution is 2.28. The largest absolute Gasteiger partial charge is 0.497 e. The van der Waals surface area contributed by atoms with Gasteiger partial charge in [0, 0.05) is 16.3 Å². The Morgan fingerprint density at radius 1 is 1.12 bits per heavy atom. The second-order valence-electron chi connectivity index (χ2n) is 4.73. The first-order chi connectivity index (χ1) is 11.6. The van der Waals surface area contributed by atoms with E-state index in [-0.39, 0.29) is 0 Å². The van der Waals surface area contributed by atoms with Crippen molar-refractivity contribution in [3.8, 4) is 16.3 Å². The zero-order chi connectivity index (χ0) is 16.9. The highest BCUT2D eigenvalue weighted by atomic mass is 35.5. The van der Waals surface area contributed by atoms with E-state index in [9.17, 15) is 4.79 Å². The molecule has 0 aliphatic carbocycles. The van der Waals surface area contributed by atoms with Gasteiger partial charge in [-0.25, -0.2) is 4.79 Å². The first kappa shape index (κ1) is 16.2. The monoisotopic (exact) mass is 360 g/mol. The summed E-state index contributed by atoms with van der Waals surface area (Å²) in [5.41, 5.74) is 1.51. The Morgan fingerprint density at radius 2 is 1.92 bits per heavy atom. The van der Waals surface area contributed by atoms with E-state index in [2.05, 4.69) is 20.8 Å². The number of rotatable bonds is 4. The third kappa shape index (κ3) is 4.01. The van der Waals surface area contributed by atoms with Crippen molar-refractivity contribution in [2.75, 3.05) is 17.7 Å². The van der Waals surface area contributed by atoms with Gasteiger partial charge in [0.15, 0.2) is 0 Å². The lowest BCUT2D eigenvalue weighted by molar-refractivity contribution is 0.262. The molecular formula is C16H13ClN4O2S. The maximum absolute atomic E-state index is 12.0. The normalized spacial score (nSPS) is 10.2. The lowest BCUT2D eigenvalue weighted by atomic mass is 10.2. The van der Waals surface area contributed by atoms with Crippen LogP contribution in [-0.4, -0.2) is 23.3 Å². The molecule has 2 N–H and O–H groups in total. The highest BCUT2D eigenvalue weighted by Gasteiger charge is 2.10. The molecule has 0 bridgehead atoms. The summed E-state index contributed by atoms with van der Waals surface area (Å²) in [6, 6.07) is 13.9. The van der Waals surface area contributed by atoms with Gasteiger partial charge in [-0.15, -0.1) is 10.2 Å². The van der Waals surface area contributed by atoms with E-state index in [4.69, 9.17) is 16.3 Å². The SMILES string of the molecule is COc1cccc(-c2nnc(NC(=O)Nc3ccc(Cl)cc3)s2)c1. The molecule has 8 heteroatoms. The number of methoxy groups -OCH3 is 1. The number of hydrogen-bond acceptors (Lipinski definition) is 5. The van der Waals surface area contributed by atoms with Crippen LogP contribution in [0.2, 0.25) is 5.02 Å². The van der Waals surface area contributed by atoms with Crippen LogP contribution in [0.15, 0.2) is 48.5 Å². The summed E-state index contributed by atoms with van der Waals surface area (Å²) in [4.78, 5) is 12.0. The van der Waals surface area contributed by atoms with Crippen LogP contribution < -0.4 is 15.4 Å². The van der Waals surface area contributed by atoms with Gasteiger partial charge in [0.05, 0.1) is 7.11 Å². The average molecular weight is 361 g/mol. The van der Waals surface area contributed by atoms with Crippen LogP contribution >= 0.6 is 22.9 Å². The molecule has 1 heterocycles.